The number of rotatable bonds is 2. The maximum absolute atomic E-state index is 11.5. The quantitative estimate of drug-likeness (QED) is 0.214. The number of ether oxygens (including phenoxy) is 1. The SMILES string of the molecule is COC(=O)Cc1cc(C)c(Br)cc1C#C[Si](C)(C)C.Cc1cc2[nH]ccc2cc1Br. The number of H-pyrrole nitrogens is 1. The van der Waals surface area contributed by atoms with Crippen LogP contribution in [-0.2, 0) is 16.0 Å². The molecule has 3 rings (SSSR count). The number of methoxy groups -OCH3 is 1. The molecule has 6 heteroatoms. The molecule has 1 N–H and O–H groups in total. The van der Waals surface area contributed by atoms with E-state index < -0.39 is 8.07 Å². The Bertz CT molecular complexity index is 1080. The second-order valence-electron chi connectivity index (χ2n) is 8.18. The monoisotopic (exact) mass is 547 g/mol. The van der Waals surface area contributed by atoms with Crippen molar-refractivity contribution in [2.45, 2.75) is 39.9 Å². The Morgan fingerprint density at radius 2 is 1.70 bits per heavy atom. The highest BCUT2D eigenvalue weighted by molar-refractivity contribution is 9.10. The number of carbonyl (C=O) groups is 1. The number of esters is 1. The van der Waals surface area contributed by atoms with Crippen molar-refractivity contribution in [1.82, 2.24) is 4.98 Å². The van der Waals surface area contributed by atoms with E-state index in [1.165, 1.54) is 28.0 Å². The van der Waals surface area contributed by atoms with Crippen molar-refractivity contribution >= 4 is 56.8 Å². The number of hydrogen-bond acceptors (Lipinski definition) is 2. The number of aromatic amines is 1. The van der Waals surface area contributed by atoms with E-state index in [2.05, 4.69) is 93.1 Å². The summed E-state index contributed by atoms with van der Waals surface area (Å²) in [6.45, 7) is 10.7. The van der Waals surface area contributed by atoms with Crippen LogP contribution in [0.15, 0.2) is 45.5 Å². The second-order valence-corrected chi connectivity index (χ2v) is 14.6. The van der Waals surface area contributed by atoms with E-state index in [-0.39, 0.29) is 12.4 Å². The third-order valence-electron chi connectivity index (χ3n) is 4.35. The van der Waals surface area contributed by atoms with Gasteiger partial charge in [-0.15, -0.1) is 5.54 Å². The van der Waals surface area contributed by atoms with Gasteiger partial charge in [0.25, 0.3) is 0 Å². The van der Waals surface area contributed by atoms with E-state index >= 15 is 0 Å². The molecule has 1 aromatic heterocycles. The van der Waals surface area contributed by atoms with Crippen molar-refractivity contribution in [2.24, 2.45) is 0 Å². The number of halogens is 2. The molecule has 0 amide bonds. The molecule has 0 aliphatic heterocycles. The molecule has 0 unspecified atom stereocenters. The van der Waals surface area contributed by atoms with Crippen LogP contribution >= 0.6 is 31.9 Å². The van der Waals surface area contributed by atoms with Crippen LogP contribution in [0.2, 0.25) is 19.6 Å². The summed E-state index contributed by atoms with van der Waals surface area (Å²) in [6.07, 6.45) is 2.22. The molecule has 0 radical (unpaired) electrons. The number of benzene rings is 2. The number of nitrogens with one attached hydrogen (secondary N) is 1. The van der Waals surface area contributed by atoms with Gasteiger partial charge in [0, 0.05) is 31.6 Å². The summed E-state index contributed by atoms with van der Waals surface area (Å²) < 4.78 is 6.92. The Hall–Kier alpha value is -1.81. The molecular weight excluding hydrogens is 522 g/mol. The zero-order chi connectivity index (χ0) is 22.5. The summed E-state index contributed by atoms with van der Waals surface area (Å²) in [6, 6.07) is 10.3. The molecular formula is C24H27Br2NO2Si. The molecule has 158 valence electrons. The van der Waals surface area contributed by atoms with Crippen LogP contribution in [0.1, 0.15) is 22.3 Å². The molecule has 0 bridgehead atoms. The first-order chi connectivity index (χ1) is 14.0. The highest BCUT2D eigenvalue weighted by Crippen LogP contribution is 2.23. The molecule has 0 saturated heterocycles. The van der Waals surface area contributed by atoms with Gasteiger partial charge in [-0.2, -0.15) is 0 Å². The second kappa shape index (κ2) is 10.5. The van der Waals surface area contributed by atoms with Crippen LogP contribution in [0.25, 0.3) is 10.9 Å². The Kier molecular flexibility index (Phi) is 8.54. The van der Waals surface area contributed by atoms with Gasteiger partial charge < -0.3 is 9.72 Å². The van der Waals surface area contributed by atoms with Crippen LogP contribution in [-0.4, -0.2) is 26.1 Å². The van der Waals surface area contributed by atoms with Gasteiger partial charge in [-0.3, -0.25) is 4.79 Å². The average molecular weight is 549 g/mol. The fourth-order valence-corrected chi connectivity index (χ4v) is 3.88. The van der Waals surface area contributed by atoms with Crippen LogP contribution < -0.4 is 0 Å². The summed E-state index contributed by atoms with van der Waals surface area (Å²) >= 11 is 7.00. The molecule has 3 nitrogen and oxygen atoms in total. The highest BCUT2D eigenvalue weighted by atomic mass is 79.9. The lowest BCUT2D eigenvalue weighted by atomic mass is 10.0. The predicted molar refractivity (Wildman–Crippen MR) is 136 cm³/mol. The van der Waals surface area contributed by atoms with Crippen molar-refractivity contribution in [1.29, 1.82) is 0 Å². The molecule has 3 aromatic rings. The minimum atomic E-state index is -1.43. The summed E-state index contributed by atoms with van der Waals surface area (Å²) in [5.41, 5.74) is 8.73. The number of aromatic nitrogens is 1. The van der Waals surface area contributed by atoms with Gasteiger partial charge >= 0.3 is 5.97 Å². The van der Waals surface area contributed by atoms with E-state index in [4.69, 9.17) is 4.74 Å². The Morgan fingerprint density at radius 1 is 1.07 bits per heavy atom. The first-order valence-electron chi connectivity index (χ1n) is 9.62. The van der Waals surface area contributed by atoms with Crippen molar-refractivity contribution in [3.8, 4) is 11.5 Å². The molecule has 0 aliphatic rings. The minimum absolute atomic E-state index is 0.238. The summed E-state index contributed by atoms with van der Waals surface area (Å²) in [5.74, 6) is 2.99. The molecule has 0 saturated carbocycles. The largest absolute Gasteiger partial charge is 0.469 e. The van der Waals surface area contributed by atoms with Crippen molar-refractivity contribution in [2.75, 3.05) is 7.11 Å². The van der Waals surface area contributed by atoms with E-state index in [0.717, 1.165) is 21.2 Å². The first kappa shape index (κ1) is 24.5. The van der Waals surface area contributed by atoms with Crippen molar-refractivity contribution in [3.05, 3.63) is 67.7 Å². The third-order valence-corrected chi connectivity index (χ3v) is 6.94. The maximum atomic E-state index is 11.5. The van der Waals surface area contributed by atoms with Gasteiger partial charge in [-0.25, -0.2) is 0 Å². The summed E-state index contributed by atoms with van der Waals surface area (Å²) in [5, 5.41) is 1.25. The fraction of sp³-hybridized carbons (Fsp3) is 0.292. The summed E-state index contributed by atoms with van der Waals surface area (Å²) in [7, 11) is -0.0305. The van der Waals surface area contributed by atoms with Gasteiger partial charge in [0.1, 0.15) is 8.07 Å². The van der Waals surface area contributed by atoms with E-state index in [0.29, 0.717) is 0 Å². The standard InChI is InChI=1S/C15H19BrO2Si.C9H8BrN/c1-11-8-13(10-15(17)18-2)12(9-14(11)16)6-7-19(3,4)5;1-6-4-9-7(2-3-11-9)5-8(6)10/h8-9H,10H2,1-5H3;2-5,11H,1H3. The number of aryl methyl sites for hydroxylation is 2. The van der Waals surface area contributed by atoms with Gasteiger partial charge in [0.05, 0.1) is 13.5 Å². The molecule has 1 heterocycles. The topological polar surface area (TPSA) is 42.1 Å². The van der Waals surface area contributed by atoms with E-state index in [1.54, 1.807) is 0 Å². The maximum Gasteiger partial charge on any atom is 0.310 e. The molecule has 2 aromatic carbocycles. The molecule has 0 fully saturated rings. The van der Waals surface area contributed by atoms with Crippen LogP contribution in [0.3, 0.4) is 0 Å². The summed E-state index contributed by atoms with van der Waals surface area (Å²) in [4.78, 5) is 14.6. The predicted octanol–water partition coefficient (Wildman–Crippen LogP) is 6.94. The zero-order valence-corrected chi connectivity index (χ0v) is 22.4. The lowest BCUT2D eigenvalue weighted by molar-refractivity contribution is -0.139. The van der Waals surface area contributed by atoms with Crippen LogP contribution in [0.4, 0.5) is 0 Å². The Labute approximate surface area is 196 Å². The average Bonchev–Trinajstić information content (AvgIpc) is 3.10. The molecule has 30 heavy (non-hydrogen) atoms. The molecule has 0 atom stereocenters. The number of fused-ring (bicyclic) bond motifs is 1. The first-order valence-corrected chi connectivity index (χ1v) is 14.7. The highest BCUT2D eigenvalue weighted by Gasteiger charge is 2.11. The lowest BCUT2D eigenvalue weighted by Crippen LogP contribution is -2.16. The van der Waals surface area contributed by atoms with Gasteiger partial charge in [0.2, 0.25) is 0 Å². The van der Waals surface area contributed by atoms with E-state index in [1.807, 2.05) is 25.3 Å². The number of hydrogen-bond donors (Lipinski definition) is 1. The molecule has 0 aliphatic carbocycles. The Morgan fingerprint density at radius 3 is 2.33 bits per heavy atom. The van der Waals surface area contributed by atoms with E-state index in [9.17, 15) is 4.79 Å². The molecule has 0 spiro atoms. The van der Waals surface area contributed by atoms with Crippen molar-refractivity contribution < 1.29 is 9.53 Å². The van der Waals surface area contributed by atoms with Crippen molar-refractivity contribution in [3.63, 3.8) is 0 Å². The minimum Gasteiger partial charge on any atom is -0.469 e. The van der Waals surface area contributed by atoms with Gasteiger partial charge in [-0.05, 0) is 54.8 Å². The van der Waals surface area contributed by atoms with Crippen LogP contribution in [0.5, 0.6) is 0 Å². The van der Waals surface area contributed by atoms with Gasteiger partial charge in [-0.1, -0.05) is 63.5 Å². The van der Waals surface area contributed by atoms with Crippen LogP contribution in [0, 0.1) is 25.3 Å². The normalized spacial score (nSPS) is 10.7. The van der Waals surface area contributed by atoms with Gasteiger partial charge in [0.15, 0.2) is 0 Å². The fourth-order valence-electron chi connectivity index (χ4n) is 2.67. The third kappa shape index (κ3) is 7.15. The number of carbonyl (C=O) groups excluding carboxylic acids is 1. The Balaban J connectivity index is 0.000000244. The smallest absolute Gasteiger partial charge is 0.310 e. The lowest BCUT2D eigenvalue weighted by Gasteiger charge is -2.09. The zero-order valence-electron chi connectivity index (χ0n) is 18.2.